The van der Waals surface area contributed by atoms with Gasteiger partial charge in [-0.1, -0.05) is 19.1 Å². The van der Waals surface area contributed by atoms with Crippen LogP contribution >= 0.6 is 0 Å². The van der Waals surface area contributed by atoms with Gasteiger partial charge in [0.2, 0.25) is 0 Å². The number of likely N-dealkylation sites (tertiary alicyclic amines) is 1. The smallest absolute Gasteiger partial charge is 0.258 e. The van der Waals surface area contributed by atoms with Crippen LogP contribution in [0.3, 0.4) is 0 Å². The average Bonchev–Trinajstić information content (AvgIpc) is 2.48. The molecule has 2 atom stereocenters. The lowest BCUT2D eigenvalue weighted by Crippen LogP contribution is -2.49. The zero-order valence-corrected chi connectivity index (χ0v) is 12.5. The van der Waals surface area contributed by atoms with Gasteiger partial charge in [0.25, 0.3) is 5.91 Å². The molecule has 5 nitrogen and oxygen atoms in total. The number of rotatable bonds is 4. The molecule has 1 aromatic carbocycles. The minimum Gasteiger partial charge on any atom is -0.482 e. The lowest BCUT2D eigenvalue weighted by Gasteiger charge is -2.35. The Balaban J connectivity index is 1.84. The number of para-hydroxylation sites is 1. The summed E-state index contributed by atoms with van der Waals surface area (Å²) in [6.45, 7) is 4.07. The summed E-state index contributed by atoms with van der Waals surface area (Å²) in [5.41, 5.74) is 0.443. The lowest BCUT2D eigenvalue weighted by molar-refractivity contribution is -0.124. The Hall–Kier alpha value is -2.06. The number of carbonyl (C=O) groups excluding carboxylic acids is 1. The fourth-order valence-electron chi connectivity index (χ4n) is 2.65. The molecular formula is C16H21N3O2. The third kappa shape index (κ3) is 4.20. The Morgan fingerprint density at radius 2 is 2.29 bits per heavy atom. The maximum atomic E-state index is 12.0. The maximum absolute atomic E-state index is 12.0. The Morgan fingerprint density at radius 3 is 3.00 bits per heavy atom. The van der Waals surface area contributed by atoms with E-state index in [1.165, 1.54) is 0 Å². The van der Waals surface area contributed by atoms with E-state index in [2.05, 4.69) is 30.3 Å². The summed E-state index contributed by atoms with van der Waals surface area (Å²) in [4.78, 5) is 14.2. The molecule has 1 amide bonds. The minimum atomic E-state index is -0.135. The molecule has 1 fully saturated rings. The summed E-state index contributed by atoms with van der Waals surface area (Å²) in [6.07, 6.45) is 0.957. The van der Waals surface area contributed by atoms with Crippen LogP contribution < -0.4 is 10.1 Å². The average molecular weight is 287 g/mol. The van der Waals surface area contributed by atoms with Crippen molar-refractivity contribution >= 4 is 5.91 Å². The summed E-state index contributed by atoms with van der Waals surface area (Å²) < 4.78 is 5.44. The summed E-state index contributed by atoms with van der Waals surface area (Å²) in [5.74, 6) is 0.745. The van der Waals surface area contributed by atoms with E-state index in [1.807, 2.05) is 0 Å². The van der Waals surface area contributed by atoms with Gasteiger partial charge in [-0.2, -0.15) is 5.26 Å². The zero-order chi connectivity index (χ0) is 15.2. The fourth-order valence-corrected chi connectivity index (χ4v) is 2.65. The second-order valence-corrected chi connectivity index (χ2v) is 5.60. The van der Waals surface area contributed by atoms with Gasteiger partial charge in [-0.05, 0) is 38.1 Å². The van der Waals surface area contributed by atoms with E-state index in [4.69, 9.17) is 10.00 Å². The Kier molecular flexibility index (Phi) is 5.18. The van der Waals surface area contributed by atoms with E-state index < -0.39 is 0 Å². The van der Waals surface area contributed by atoms with Gasteiger partial charge in [0.05, 0.1) is 5.56 Å². The first-order chi connectivity index (χ1) is 10.1. The fraction of sp³-hybridized carbons (Fsp3) is 0.500. The monoisotopic (exact) mass is 287 g/mol. The van der Waals surface area contributed by atoms with Gasteiger partial charge >= 0.3 is 0 Å². The number of nitriles is 1. The maximum Gasteiger partial charge on any atom is 0.258 e. The highest BCUT2D eigenvalue weighted by molar-refractivity contribution is 5.78. The second-order valence-electron chi connectivity index (χ2n) is 5.60. The highest BCUT2D eigenvalue weighted by atomic mass is 16.5. The lowest BCUT2D eigenvalue weighted by atomic mass is 9.94. The molecule has 1 aliphatic rings. The molecule has 0 aliphatic carbocycles. The standard InChI is InChI=1S/C16H21N3O2/c1-12-10-19(2)8-7-14(12)18-16(20)11-21-15-6-4-3-5-13(15)9-17/h3-6,12,14H,7-8,10-11H2,1-2H3,(H,18,20). The van der Waals surface area contributed by atoms with Crippen LogP contribution in [0.2, 0.25) is 0 Å². The van der Waals surface area contributed by atoms with E-state index in [1.54, 1.807) is 24.3 Å². The van der Waals surface area contributed by atoms with E-state index in [9.17, 15) is 4.79 Å². The molecule has 0 saturated carbocycles. The molecule has 1 aromatic rings. The number of ether oxygens (including phenoxy) is 1. The summed E-state index contributed by atoms with van der Waals surface area (Å²) in [5, 5.41) is 12.0. The zero-order valence-electron chi connectivity index (χ0n) is 12.5. The van der Waals surface area contributed by atoms with Crippen LogP contribution in [0, 0.1) is 17.2 Å². The largest absolute Gasteiger partial charge is 0.482 e. The molecule has 5 heteroatoms. The highest BCUT2D eigenvalue weighted by Gasteiger charge is 2.25. The molecule has 1 saturated heterocycles. The van der Waals surface area contributed by atoms with Crippen LogP contribution in [0.5, 0.6) is 5.75 Å². The van der Waals surface area contributed by atoms with Crippen molar-refractivity contribution in [3.8, 4) is 11.8 Å². The predicted octanol–water partition coefficient (Wildman–Crippen LogP) is 1.39. The van der Waals surface area contributed by atoms with Gasteiger partial charge in [-0.3, -0.25) is 4.79 Å². The number of nitrogens with zero attached hydrogens (tertiary/aromatic N) is 2. The quantitative estimate of drug-likeness (QED) is 0.909. The van der Waals surface area contributed by atoms with Crippen molar-refractivity contribution in [2.75, 3.05) is 26.7 Å². The highest BCUT2D eigenvalue weighted by Crippen LogP contribution is 2.17. The molecule has 2 rings (SSSR count). The number of nitrogens with one attached hydrogen (secondary N) is 1. The molecule has 21 heavy (non-hydrogen) atoms. The number of piperidine rings is 1. The molecule has 1 N–H and O–H groups in total. The Morgan fingerprint density at radius 1 is 1.52 bits per heavy atom. The van der Waals surface area contributed by atoms with Crippen LogP contribution in [0.4, 0.5) is 0 Å². The summed E-state index contributed by atoms with van der Waals surface area (Å²) in [6, 6.07) is 9.17. The molecule has 1 aliphatic heterocycles. The van der Waals surface area contributed by atoms with Gasteiger partial charge in [-0.25, -0.2) is 0 Å². The third-order valence-corrected chi connectivity index (χ3v) is 3.82. The second kappa shape index (κ2) is 7.09. The number of hydrogen-bond donors (Lipinski definition) is 1. The molecule has 1 heterocycles. The number of hydrogen-bond acceptors (Lipinski definition) is 4. The van der Waals surface area contributed by atoms with Crippen molar-refractivity contribution in [1.29, 1.82) is 5.26 Å². The normalized spacial score (nSPS) is 22.3. The number of amides is 1. The predicted molar refractivity (Wildman–Crippen MR) is 79.9 cm³/mol. The van der Waals surface area contributed by atoms with E-state index in [-0.39, 0.29) is 18.6 Å². The number of benzene rings is 1. The van der Waals surface area contributed by atoms with Crippen molar-refractivity contribution in [3.05, 3.63) is 29.8 Å². The molecule has 0 aromatic heterocycles. The molecule has 0 radical (unpaired) electrons. The minimum absolute atomic E-state index is 0.0578. The molecule has 2 unspecified atom stereocenters. The molecule has 112 valence electrons. The van der Waals surface area contributed by atoms with E-state index in [0.717, 1.165) is 19.5 Å². The topological polar surface area (TPSA) is 65.4 Å². The molecule has 0 bridgehead atoms. The Labute approximate surface area is 125 Å². The molecule has 0 spiro atoms. The van der Waals surface area contributed by atoms with E-state index in [0.29, 0.717) is 17.2 Å². The number of carbonyl (C=O) groups is 1. The summed E-state index contributed by atoms with van der Waals surface area (Å²) >= 11 is 0. The van der Waals surface area contributed by atoms with Crippen molar-refractivity contribution in [2.45, 2.75) is 19.4 Å². The van der Waals surface area contributed by atoms with Crippen molar-refractivity contribution < 1.29 is 9.53 Å². The van der Waals surface area contributed by atoms with Crippen LogP contribution in [-0.4, -0.2) is 43.6 Å². The van der Waals surface area contributed by atoms with Crippen LogP contribution in [-0.2, 0) is 4.79 Å². The SMILES string of the molecule is CC1CN(C)CCC1NC(=O)COc1ccccc1C#N. The van der Waals surface area contributed by atoms with Crippen molar-refractivity contribution in [1.82, 2.24) is 10.2 Å². The van der Waals surface area contributed by atoms with Gasteiger partial charge in [0.15, 0.2) is 6.61 Å². The van der Waals surface area contributed by atoms with E-state index >= 15 is 0 Å². The summed E-state index contributed by atoms with van der Waals surface area (Å²) in [7, 11) is 2.09. The van der Waals surface area contributed by atoms with Crippen LogP contribution in [0.1, 0.15) is 18.9 Å². The van der Waals surface area contributed by atoms with Crippen molar-refractivity contribution in [3.63, 3.8) is 0 Å². The molecular weight excluding hydrogens is 266 g/mol. The van der Waals surface area contributed by atoms with Crippen molar-refractivity contribution in [2.24, 2.45) is 5.92 Å². The van der Waals surface area contributed by atoms with Crippen LogP contribution in [0.25, 0.3) is 0 Å². The van der Waals surface area contributed by atoms with Gasteiger partial charge < -0.3 is 15.0 Å². The van der Waals surface area contributed by atoms with Gasteiger partial charge in [0.1, 0.15) is 11.8 Å². The first kappa shape index (κ1) is 15.3. The van der Waals surface area contributed by atoms with Gasteiger partial charge in [0, 0.05) is 12.6 Å². The first-order valence-electron chi connectivity index (χ1n) is 7.20. The van der Waals surface area contributed by atoms with Crippen LogP contribution in [0.15, 0.2) is 24.3 Å². The first-order valence-corrected chi connectivity index (χ1v) is 7.20. The van der Waals surface area contributed by atoms with Gasteiger partial charge in [-0.15, -0.1) is 0 Å². The Bertz CT molecular complexity index is 539. The third-order valence-electron chi connectivity index (χ3n) is 3.82.